The van der Waals surface area contributed by atoms with Gasteiger partial charge < -0.3 is 20.1 Å². The summed E-state index contributed by atoms with van der Waals surface area (Å²) in [7, 11) is 1.53. The van der Waals surface area contributed by atoms with Crippen molar-refractivity contribution in [3.8, 4) is 11.5 Å². The highest BCUT2D eigenvalue weighted by atomic mass is 19.1. The van der Waals surface area contributed by atoms with Crippen LogP contribution in [-0.4, -0.2) is 25.5 Å². The Bertz CT molecular complexity index is 1160. The zero-order valence-corrected chi connectivity index (χ0v) is 18.3. The van der Waals surface area contributed by atoms with Gasteiger partial charge in [-0.25, -0.2) is 4.39 Å². The van der Waals surface area contributed by atoms with Gasteiger partial charge in [0, 0.05) is 11.4 Å². The molecule has 0 radical (unpaired) electrons. The zero-order chi connectivity index (χ0) is 23.3. The van der Waals surface area contributed by atoms with Gasteiger partial charge in [-0.15, -0.1) is 0 Å². The van der Waals surface area contributed by atoms with Crippen molar-refractivity contribution in [2.45, 2.75) is 24.7 Å². The number of ether oxygens (including phenoxy) is 2. The molecule has 2 N–H and O–H groups in total. The number of rotatable bonds is 8. The Balaban J connectivity index is 1.39. The summed E-state index contributed by atoms with van der Waals surface area (Å²) in [6, 6.07) is 20.2. The molecule has 0 spiro atoms. The van der Waals surface area contributed by atoms with E-state index in [1.807, 2.05) is 6.07 Å². The van der Waals surface area contributed by atoms with Crippen molar-refractivity contribution in [3.63, 3.8) is 0 Å². The van der Waals surface area contributed by atoms with Crippen LogP contribution >= 0.6 is 0 Å². The van der Waals surface area contributed by atoms with Gasteiger partial charge in [0.25, 0.3) is 5.91 Å². The third kappa shape index (κ3) is 4.98. The van der Waals surface area contributed by atoms with Crippen molar-refractivity contribution in [1.29, 1.82) is 0 Å². The monoisotopic (exact) mass is 448 g/mol. The van der Waals surface area contributed by atoms with Gasteiger partial charge in [0.15, 0.2) is 18.1 Å². The van der Waals surface area contributed by atoms with Crippen LogP contribution in [0.3, 0.4) is 0 Å². The second-order valence-corrected chi connectivity index (χ2v) is 7.97. The Morgan fingerprint density at radius 1 is 0.909 bits per heavy atom. The number of carbonyl (C=O) groups is 2. The minimum Gasteiger partial charge on any atom is -0.493 e. The molecule has 0 heterocycles. The highest BCUT2D eigenvalue weighted by molar-refractivity contribution is 6.00. The average molecular weight is 448 g/mol. The lowest BCUT2D eigenvalue weighted by Crippen LogP contribution is -2.46. The quantitative estimate of drug-likeness (QED) is 0.513. The van der Waals surface area contributed by atoms with Crippen LogP contribution in [0, 0.1) is 5.82 Å². The van der Waals surface area contributed by atoms with E-state index in [0.29, 0.717) is 41.3 Å². The van der Waals surface area contributed by atoms with E-state index in [9.17, 15) is 14.0 Å². The molecule has 0 aromatic heterocycles. The first kappa shape index (κ1) is 22.3. The fourth-order valence-corrected chi connectivity index (χ4v) is 3.97. The van der Waals surface area contributed by atoms with E-state index in [4.69, 9.17) is 9.47 Å². The van der Waals surface area contributed by atoms with Gasteiger partial charge in [-0.3, -0.25) is 9.59 Å². The zero-order valence-electron chi connectivity index (χ0n) is 18.3. The molecular weight excluding hydrogens is 423 g/mol. The average Bonchev–Trinajstić information content (AvgIpc) is 2.77. The first-order valence-corrected chi connectivity index (χ1v) is 10.7. The molecule has 0 aliphatic heterocycles. The maximum atomic E-state index is 13.7. The van der Waals surface area contributed by atoms with Gasteiger partial charge in [0.2, 0.25) is 5.91 Å². The van der Waals surface area contributed by atoms with Crippen LogP contribution in [0.2, 0.25) is 0 Å². The van der Waals surface area contributed by atoms with E-state index in [0.717, 1.165) is 6.42 Å². The van der Waals surface area contributed by atoms with Gasteiger partial charge in [0.05, 0.1) is 12.5 Å². The fourth-order valence-electron chi connectivity index (χ4n) is 3.97. The Morgan fingerprint density at radius 2 is 1.61 bits per heavy atom. The number of amides is 2. The molecule has 0 saturated heterocycles. The summed E-state index contributed by atoms with van der Waals surface area (Å²) in [6.07, 6.45) is 2.24. The summed E-state index contributed by atoms with van der Waals surface area (Å²) in [5.74, 6) is 0.131. The molecule has 1 fully saturated rings. The molecule has 33 heavy (non-hydrogen) atoms. The minimum absolute atomic E-state index is 0.178. The summed E-state index contributed by atoms with van der Waals surface area (Å²) < 4.78 is 24.5. The minimum atomic E-state index is -0.732. The van der Waals surface area contributed by atoms with Crippen LogP contribution in [0.5, 0.6) is 11.5 Å². The van der Waals surface area contributed by atoms with E-state index in [1.165, 1.54) is 19.2 Å². The molecule has 2 amide bonds. The smallest absolute Gasteiger partial charge is 0.262 e. The number of benzene rings is 3. The molecule has 1 saturated carbocycles. The van der Waals surface area contributed by atoms with Crippen LogP contribution < -0.4 is 20.1 Å². The SMILES string of the molecule is COc1ccccc1OCC(=O)Nc1cccc(NC(=O)C2(c3cccc(F)c3)CCC2)c1. The van der Waals surface area contributed by atoms with Crippen molar-refractivity contribution in [2.75, 3.05) is 24.4 Å². The lowest BCUT2D eigenvalue weighted by molar-refractivity contribution is -0.124. The predicted molar refractivity (Wildman–Crippen MR) is 124 cm³/mol. The van der Waals surface area contributed by atoms with E-state index >= 15 is 0 Å². The Kier molecular flexibility index (Phi) is 6.58. The van der Waals surface area contributed by atoms with Gasteiger partial charge in [-0.05, 0) is 60.9 Å². The lowest BCUT2D eigenvalue weighted by Gasteiger charge is -2.40. The third-order valence-corrected chi connectivity index (χ3v) is 5.85. The van der Waals surface area contributed by atoms with Crippen LogP contribution in [0.4, 0.5) is 15.8 Å². The number of methoxy groups -OCH3 is 1. The van der Waals surface area contributed by atoms with Gasteiger partial charge >= 0.3 is 0 Å². The number of hydrogen-bond acceptors (Lipinski definition) is 4. The van der Waals surface area contributed by atoms with Crippen molar-refractivity contribution in [2.24, 2.45) is 0 Å². The Labute approximate surface area is 191 Å². The Hall–Kier alpha value is -3.87. The standard InChI is InChI=1S/C26H25FN2O4/c1-32-22-11-2-3-12-23(22)33-17-24(30)28-20-9-5-10-21(16-20)29-25(31)26(13-6-14-26)18-7-4-8-19(27)15-18/h2-5,7-12,15-16H,6,13-14,17H2,1H3,(H,28,30)(H,29,31). The topological polar surface area (TPSA) is 76.7 Å². The van der Waals surface area contributed by atoms with E-state index < -0.39 is 5.41 Å². The molecule has 0 atom stereocenters. The maximum absolute atomic E-state index is 13.7. The van der Waals surface area contributed by atoms with Crippen LogP contribution in [0.15, 0.2) is 72.8 Å². The number of anilines is 2. The first-order valence-electron chi connectivity index (χ1n) is 10.7. The molecular formula is C26H25FN2O4. The van der Waals surface area contributed by atoms with Crippen molar-refractivity contribution in [3.05, 3.63) is 84.2 Å². The first-order chi connectivity index (χ1) is 16.0. The summed E-state index contributed by atoms with van der Waals surface area (Å²) in [4.78, 5) is 25.5. The molecule has 170 valence electrons. The second kappa shape index (κ2) is 9.73. The molecule has 1 aliphatic carbocycles. The number of carbonyl (C=O) groups excluding carboxylic acids is 2. The molecule has 3 aromatic carbocycles. The van der Waals surface area contributed by atoms with Crippen molar-refractivity contribution >= 4 is 23.2 Å². The predicted octanol–water partition coefficient (Wildman–Crippen LogP) is 4.91. The highest BCUT2D eigenvalue weighted by Crippen LogP contribution is 2.44. The van der Waals surface area contributed by atoms with Gasteiger partial charge in [0.1, 0.15) is 5.82 Å². The van der Waals surface area contributed by atoms with Crippen molar-refractivity contribution in [1.82, 2.24) is 0 Å². The Morgan fingerprint density at radius 3 is 2.27 bits per heavy atom. The van der Waals surface area contributed by atoms with Crippen LogP contribution in [0.1, 0.15) is 24.8 Å². The summed E-state index contributed by atoms with van der Waals surface area (Å²) >= 11 is 0. The molecule has 7 heteroatoms. The summed E-state index contributed by atoms with van der Waals surface area (Å²) in [5, 5.41) is 5.69. The third-order valence-electron chi connectivity index (χ3n) is 5.85. The molecule has 0 unspecified atom stereocenters. The summed E-state index contributed by atoms with van der Waals surface area (Å²) in [6.45, 7) is -0.195. The van der Waals surface area contributed by atoms with Crippen LogP contribution in [-0.2, 0) is 15.0 Å². The molecule has 0 bridgehead atoms. The largest absolute Gasteiger partial charge is 0.493 e. The van der Waals surface area contributed by atoms with Gasteiger partial charge in [-0.2, -0.15) is 0 Å². The number of hydrogen-bond donors (Lipinski definition) is 2. The van der Waals surface area contributed by atoms with E-state index in [-0.39, 0.29) is 24.2 Å². The highest BCUT2D eigenvalue weighted by Gasteiger charge is 2.45. The lowest BCUT2D eigenvalue weighted by atomic mass is 9.63. The maximum Gasteiger partial charge on any atom is 0.262 e. The van der Waals surface area contributed by atoms with Crippen LogP contribution in [0.25, 0.3) is 0 Å². The second-order valence-electron chi connectivity index (χ2n) is 7.97. The van der Waals surface area contributed by atoms with E-state index in [1.54, 1.807) is 54.6 Å². The fraction of sp³-hybridized carbons (Fsp3) is 0.231. The number of para-hydroxylation sites is 2. The number of nitrogens with one attached hydrogen (secondary N) is 2. The number of halogens is 1. The van der Waals surface area contributed by atoms with Crippen molar-refractivity contribution < 1.29 is 23.5 Å². The molecule has 3 aromatic rings. The normalized spacial score (nSPS) is 14.0. The van der Waals surface area contributed by atoms with E-state index in [2.05, 4.69) is 10.6 Å². The van der Waals surface area contributed by atoms with Gasteiger partial charge in [-0.1, -0.05) is 36.8 Å². The molecule has 6 nitrogen and oxygen atoms in total. The molecule has 4 rings (SSSR count). The molecule has 1 aliphatic rings. The summed E-state index contributed by atoms with van der Waals surface area (Å²) in [5.41, 5.74) is 1.02.